The molecule has 0 saturated heterocycles. The van der Waals surface area contributed by atoms with Crippen molar-refractivity contribution in [2.24, 2.45) is 0 Å². The van der Waals surface area contributed by atoms with Crippen LogP contribution in [-0.4, -0.2) is 16.8 Å². The summed E-state index contributed by atoms with van der Waals surface area (Å²) >= 11 is 0. The molecule has 78 valence electrons. The number of hydrogen-bond acceptors (Lipinski definition) is 5. The first-order valence-electron chi connectivity index (χ1n) is 3.77. The molecule has 0 aliphatic carbocycles. The van der Waals surface area contributed by atoms with Crippen LogP contribution in [0.1, 0.15) is 0 Å². The van der Waals surface area contributed by atoms with E-state index in [2.05, 4.69) is 0 Å². The Bertz CT molecular complexity index is 412. The Kier molecular flexibility index (Phi) is 2.97. The number of anilines is 1. The van der Waals surface area contributed by atoms with Crippen molar-refractivity contribution in [2.45, 2.75) is 0 Å². The first kappa shape index (κ1) is 10.6. The highest BCUT2D eigenvalue weighted by Gasteiger charge is 2.06. The fraction of sp³-hybridized carbons (Fsp3) is 0. The minimum atomic E-state index is -1.87. The van der Waals surface area contributed by atoms with Crippen LogP contribution < -0.4 is 10.4 Å². The number of carboxylic acid groups (broad SMARTS) is 1. The molecule has 0 aromatic heterocycles. The highest BCUT2D eigenvalue weighted by molar-refractivity contribution is 6.35. The number of carbonyl (C=O) groups excluding carboxylic acids is 2. The number of benzene rings is 1. The van der Waals surface area contributed by atoms with Crippen LogP contribution in [0.4, 0.5) is 11.4 Å². The van der Waals surface area contributed by atoms with Crippen molar-refractivity contribution in [1.29, 1.82) is 0 Å². The summed E-state index contributed by atoms with van der Waals surface area (Å²) in [7, 11) is 0. The van der Waals surface area contributed by atoms with Crippen LogP contribution >= 0.6 is 0 Å². The molecule has 1 rings (SSSR count). The molecular formula is C8H5N2O5-. The normalized spacial score (nSPS) is 9.33. The second-order valence-corrected chi connectivity index (χ2v) is 2.55. The maximum Gasteiger partial charge on any atom is 0.271 e. The van der Waals surface area contributed by atoms with Crippen molar-refractivity contribution in [3.8, 4) is 0 Å². The number of nitro benzene ring substituents is 1. The first-order valence-corrected chi connectivity index (χ1v) is 3.77. The lowest BCUT2D eigenvalue weighted by Crippen LogP contribution is -2.36. The van der Waals surface area contributed by atoms with Crippen LogP contribution in [0.5, 0.6) is 0 Å². The van der Waals surface area contributed by atoms with E-state index in [1.54, 1.807) is 0 Å². The number of hydrogen-bond donors (Lipinski definition) is 1. The van der Waals surface area contributed by atoms with Crippen molar-refractivity contribution < 1.29 is 19.6 Å². The molecule has 7 nitrogen and oxygen atoms in total. The second kappa shape index (κ2) is 4.18. The van der Waals surface area contributed by atoms with Crippen molar-refractivity contribution in [1.82, 2.24) is 0 Å². The standard InChI is InChI=1S/C8H6N2O5/c11-7(8(12)13)9-5-1-3-6(4-2-5)10(14)15/h1-4H,(H,9,11)(H,12,13)/p-1. The van der Waals surface area contributed by atoms with Gasteiger partial charge in [-0.05, 0) is 12.1 Å². The van der Waals surface area contributed by atoms with Gasteiger partial charge in [0.2, 0.25) is 0 Å². The zero-order valence-electron chi connectivity index (χ0n) is 7.30. The summed E-state index contributed by atoms with van der Waals surface area (Å²) in [6.07, 6.45) is 0. The van der Waals surface area contributed by atoms with E-state index in [0.29, 0.717) is 0 Å². The van der Waals surface area contributed by atoms with Crippen LogP contribution in [-0.2, 0) is 9.59 Å². The molecule has 0 atom stereocenters. The quantitative estimate of drug-likeness (QED) is 0.392. The average Bonchev–Trinajstić information content (AvgIpc) is 2.18. The van der Waals surface area contributed by atoms with Crippen LogP contribution in [0, 0.1) is 10.1 Å². The number of carbonyl (C=O) groups is 2. The van der Waals surface area contributed by atoms with Gasteiger partial charge in [-0.25, -0.2) is 0 Å². The summed E-state index contributed by atoms with van der Waals surface area (Å²) in [5, 5.41) is 22.3. The maximum atomic E-state index is 10.6. The average molecular weight is 209 g/mol. The zero-order chi connectivity index (χ0) is 11.4. The molecule has 0 radical (unpaired) electrons. The molecule has 0 aliphatic rings. The van der Waals surface area contributed by atoms with Crippen molar-refractivity contribution in [3.05, 3.63) is 34.4 Å². The fourth-order valence-electron chi connectivity index (χ4n) is 0.849. The third-order valence-corrected chi connectivity index (χ3v) is 1.52. The molecule has 0 saturated carbocycles. The first-order chi connectivity index (χ1) is 7.00. The second-order valence-electron chi connectivity index (χ2n) is 2.55. The van der Waals surface area contributed by atoms with Crippen LogP contribution in [0.3, 0.4) is 0 Å². The molecular weight excluding hydrogens is 204 g/mol. The van der Waals surface area contributed by atoms with E-state index in [4.69, 9.17) is 0 Å². The Hall–Kier alpha value is -2.44. The number of nitrogens with zero attached hydrogens (tertiary/aromatic N) is 1. The lowest BCUT2D eigenvalue weighted by atomic mass is 10.3. The summed E-state index contributed by atoms with van der Waals surface area (Å²) in [6, 6.07) is 4.73. The van der Waals surface area contributed by atoms with Gasteiger partial charge in [-0.15, -0.1) is 0 Å². The van der Waals surface area contributed by atoms with Gasteiger partial charge in [-0.1, -0.05) is 0 Å². The van der Waals surface area contributed by atoms with Crippen molar-refractivity contribution in [3.63, 3.8) is 0 Å². The van der Waals surface area contributed by atoms with Crippen molar-refractivity contribution in [2.75, 3.05) is 5.32 Å². The fourth-order valence-corrected chi connectivity index (χ4v) is 0.849. The Morgan fingerprint density at radius 1 is 1.20 bits per heavy atom. The number of nitrogens with one attached hydrogen (secondary N) is 1. The maximum absolute atomic E-state index is 10.6. The number of non-ortho nitro benzene ring substituents is 1. The summed E-state index contributed by atoms with van der Waals surface area (Å²) < 4.78 is 0. The van der Waals surface area contributed by atoms with Gasteiger partial charge in [-0.2, -0.15) is 0 Å². The van der Waals surface area contributed by atoms with E-state index in [9.17, 15) is 24.8 Å². The summed E-state index contributed by atoms with van der Waals surface area (Å²) in [5.41, 5.74) is -0.00347. The molecule has 7 heteroatoms. The Morgan fingerprint density at radius 2 is 1.73 bits per heavy atom. The number of carboxylic acids is 1. The molecule has 1 aromatic carbocycles. The number of aliphatic carboxylic acids is 1. The summed E-state index contributed by atoms with van der Waals surface area (Å²) in [4.78, 5) is 30.3. The van der Waals surface area contributed by atoms with Gasteiger partial charge in [0.25, 0.3) is 11.6 Å². The van der Waals surface area contributed by atoms with Gasteiger partial charge >= 0.3 is 0 Å². The monoisotopic (exact) mass is 209 g/mol. The molecule has 0 aliphatic heterocycles. The lowest BCUT2D eigenvalue weighted by Gasteiger charge is -2.04. The molecule has 0 fully saturated rings. The van der Waals surface area contributed by atoms with Gasteiger partial charge < -0.3 is 15.2 Å². The number of nitro groups is 1. The smallest absolute Gasteiger partial charge is 0.271 e. The molecule has 1 aromatic rings. The molecule has 0 heterocycles. The van der Waals surface area contributed by atoms with E-state index in [1.807, 2.05) is 5.32 Å². The van der Waals surface area contributed by atoms with E-state index in [1.165, 1.54) is 12.1 Å². The predicted molar refractivity (Wildman–Crippen MR) is 46.7 cm³/mol. The third-order valence-electron chi connectivity index (χ3n) is 1.52. The Labute approximate surface area is 83.5 Å². The zero-order valence-corrected chi connectivity index (χ0v) is 7.30. The van der Waals surface area contributed by atoms with E-state index in [-0.39, 0.29) is 11.4 Å². The largest absolute Gasteiger partial charge is 0.540 e. The molecule has 1 amide bonds. The van der Waals surface area contributed by atoms with Gasteiger partial charge in [-0.3, -0.25) is 14.9 Å². The SMILES string of the molecule is O=C([O-])C(=O)Nc1ccc([N+](=O)[O-])cc1. The Morgan fingerprint density at radius 3 is 2.13 bits per heavy atom. The van der Waals surface area contributed by atoms with Crippen LogP contribution in [0.2, 0.25) is 0 Å². The number of amides is 1. The third kappa shape index (κ3) is 2.76. The summed E-state index contributed by atoms with van der Waals surface area (Å²) in [6.45, 7) is 0. The Balaban J connectivity index is 2.77. The number of rotatable bonds is 2. The highest BCUT2D eigenvalue weighted by Crippen LogP contribution is 2.14. The van der Waals surface area contributed by atoms with E-state index >= 15 is 0 Å². The minimum Gasteiger partial charge on any atom is -0.540 e. The van der Waals surface area contributed by atoms with Gasteiger partial charge in [0, 0.05) is 17.8 Å². The van der Waals surface area contributed by atoms with Gasteiger partial charge in [0.1, 0.15) is 5.97 Å². The lowest BCUT2D eigenvalue weighted by molar-refractivity contribution is -0.384. The predicted octanol–water partition coefficient (Wildman–Crippen LogP) is -0.717. The van der Waals surface area contributed by atoms with E-state index < -0.39 is 16.8 Å². The summed E-state index contributed by atoms with van der Waals surface area (Å²) in [5.74, 6) is -3.17. The molecule has 0 unspecified atom stereocenters. The highest BCUT2D eigenvalue weighted by atomic mass is 16.6. The van der Waals surface area contributed by atoms with E-state index in [0.717, 1.165) is 12.1 Å². The topological polar surface area (TPSA) is 112 Å². The molecule has 0 bridgehead atoms. The van der Waals surface area contributed by atoms with Crippen LogP contribution in [0.25, 0.3) is 0 Å². The molecule has 15 heavy (non-hydrogen) atoms. The van der Waals surface area contributed by atoms with Gasteiger partial charge in [0.15, 0.2) is 0 Å². The molecule has 0 spiro atoms. The van der Waals surface area contributed by atoms with Gasteiger partial charge in [0.05, 0.1) is 4.92 Å². The van der Waals surface area contributed by atoms with Crippen molar-refractivity contribution >= 4 is 23.3 Å². The minimum absolute atomic E-state index is 0.148. The molecule has 1 N–H and O–H groups in total. The van der Waals surface area contributed by atoms with Crippen LogP contribution in [0.15, 0.2) is 24.3 Å².